The van der Waals surface area contributed by atoms with Gasteiger partial charge in [-0.05, 0) is 43.3 Å². The van der Waals surface area contributed by atoms with E-state index in [9.17, 15) is 14.4 Å². The van der Waals surface area contributed by atoms with E-state index >= 15 is 0 Å². The van der Waals surface area contributed by atoms with Gasteiger partial charge in [-0.15, -0.1) is 0 Å². The van der Waals surface area contributed by atoms with Crippen LogP contribution in [-0.2, 0) is 6.54 Å². The number of aromatic nitrogens is 1. The number of nitrogens with one attached hydrogen (secondary N) is 2. The fraction of sp³-hybridized carbons (Fsp3) is 0.100. The number of nitrogens with zero attached hydrogens (tertiary/aromatic N) is 1. The highest BCUT2D eigenvalue weighted by atomic mass is 16.3. The van der Waals surface area contributed by atoms with E-state index in [1.807, 2.05) is 0 Å². The standard InChI is InChI=1S/C20H17N3O4/c1-13(24)14-4-2-5-16(10-14)23-20(26)18-11-15(7-8-21-18)19(25)22-12-17-6-3-9-27-17/h2-11H,12H2,1H3,(H,22,25)(H,23,26). The van der Waals surface area contributed by atoms with Gasteiger partial charge in [0.2, 0.25) is 0 Å². The number of hydrogen-bond donors (Lipinski definition) is 2. The van der Waals surface area contributed by atoms with Gasteiger partial charge >= 0.3 is 0 Å². The van der Waals surface area contributed by atoms with Gasteiger partial charge in [0.1, 0.15) is 11.5 Å². The van der Waals surface area contributed by atoms with Crippen LogP contribution < -0.4 is 10.6 Å². The van der Waals surface area contributed by atoms with Gasteiger partial charge < -0.3 is 15.1 Å². The molecular weight excluding hydrogens is 346 g/mol. The van der Waals surface area contributed by atoms with Gasteiger partial charge in [-0.1, -0.05) is 12.1 Å². The van der Waals surface area contributed by atoms with Crippen LogP contribution >= 0.6 is 0 Å². The second-order valence-corrected chi connectivity index (χ2v) is 5.78. The molecule has 0 aliphatic heterocycles. The van der Waals surface area contributed by atoms with Gasteiger partial charge in [0.25, 0.3) is 11.8 Å². The molecule has 0 aliphatic rings. The molecular formula is C20H17N3O4. The predicted molar refractivity (Wildman–Crippen MR) is 98.5 cm³/mol. The Morgan fingerprint density at radius 2 is 1.85 bits per heavy atom. The van der Waals surface area contributed by atoms with Crippen molar-refractivity contribution in [1.82, 2.24) is 10.3 Å². The lowest BCUT2D eigenvalue weighted by Crippen LogP contribution is -2.23. The summed E-state index contributed by atoms with van der Waals surface area (Å²) in [5, 5.41) is 5.38. The number of carbonyl (C=O) groups is 3. The van der Waals surface area contributed by atoms with Crippen LogP contribution in [0.4, 0.5) is 5.69 Å². The van der Waals surface area contributed by atoms with Gasteiger partial charge in [-0.3, -0.25) is 19.4 Å². The highest BCUT2D eigenvalue weighted by Gasteiger charge is 2.13. The highest BCUT2D eigenvalue weighted by molar-refractivity contribution is 6.05. The molecule has 0 unspecified atom stereocenters. The Balaban J connectivity index is 1.69. The first-order chi connectivity index (χ1) is 13.0. The Morgan fingerprint density at radius 3 is 2.59 bits per heavy atom. The van der Waals surface area contributed by atoms with E-state index < -0.39 is 5.91 Å². The molecule has 7 heteroatoms. The molecule has 0 saturated carbocycles. The van der Waals surface area contributed by atoms with Crippen LogP contribution in [0.3, 0.4) is 0 Å². The van der Waals surface area contributed by atoms with Crippen molar-refractivity contribution in [2.45, 2.75) is 13.5 Å². The maximum atomic E-state index is 12.4. The van der Waals surface area contributed by atoms with Crippen LogP contribution in [-0.4, -0.2) is 22.6 Å². The number of rotatable bonds is 6. The fourth-order valence-electron chi connectivity index (χ4n) is 2.39. The molecule has 7 nitrogen and oxygen atoms in total. The minimum atomic E-state index is -0.476. The van der Waals surface area contributed by atoms with E-state index in [1.165, 1.54) is 31.5 Å². The number of carbonyl (C=O) groups excluding carboxylic acids is 3. The lowest BCUT2D eigenvalue weighted by atomic mass is 10.1. The summed E-state index contributed by atoms with van der Waals surface area (Å²) in [4.78, 5) is 40.1. The Bertz CT molecular complexity index is 980. The van der Waals surface area contributed by atoms with Gasteiger partial charge in [0.15, 0.2) is 5.78 Å². The van der Waals surface area contributed by atoms with Crippen molar-refractivity contribution in [2.75, 3.05) is 5.32 Å². The molecule has 2 amide bonds. The van der Waals surface area contributed by atoms with Crippen LogP contribution in [0.15, 0.2) is 65.4 Å². The van der Waals surface area contributed by atoms with Crippen molar-refractivity contribution < 1.29 is 18.8 Å². The first-order valence-electron chi connectivity index (χ1n) is 8.22. The summed E-state index contributed by atoms with van der Waals surface area (Å²) in [6.45, 7) is 1.70. The number of benzene rings is 1. The molecule has 2 aromatic heterocycles. The average Bonchev–Trinajstić information content (AvgIpc) is 3.20. The quantitative estimate of drug-likeness (QED) is 0.656. The molecule has 27 heavy (non-hydrogen) atoms. The number of amides is 2. The predicted octanol–water partition coefficient (Wildman–Crippen LogP) is 3.06. The highest BCUT2D eigenvalue weighted by Crippen LogP contribution is 2.13. The smallest absolute Gasteiger partial charge is 0.274 e. The molecule has 0 radical (unpaired) electrons. The van der Waals surface area contributed by atoms with E-state index in [0.29, 0.717) is 22.6 Å². The van der Waals surface area contributed by atoms with Crippen molar-refractivity contribution in [1.29, 1.82) is 0 Å². The van der Waals surface area contributed by atoms with Crippen LogP contribution in [0, 0.1) is 0 Å². The second-order valence-electron chi connectivity index (χ2n) is 5.78. The van der Waals surface area contributed by atoms with Crippen molar-refractivity contribution in [3.8, 4) is 0 Å². The summed E-state index contributed by atoms with van der Waals surface area (Å²) in [7, 11) is 0. The first kappa shape index (κ1) is 18.1. The monoisotopic (exact) mass is 363 g/mol. The van der Waals surface area contributed by atoms with Crippen molar-refractivity contribution >= 4 is 23.3 Å². The molecule has 1 aromatic carbocycles. The molecule has 0 aliphatic carbocycles. The van der Waals surface area contributed by atoms with Crippen molar-refractivity contribution in [3.05, 3.63) is 83.6 Å². The van der Waals surface area contributed by atoms with E-state index in [0.717, 1.165) is 0 Å². The van der Waals surface area contributed by atoms with Gasteiger partial charge in [-0.25, -0.2) is 0 Å². The Morgan fingerprint density at radius 1 is 1.00 bits per heavy atom. The normalized spacial score (nSPS) is 10.3. The number of ketones is 1. The molecule has 136 valence electrons. The van der Waals surface area contributed by atoms with Crippen LogP contribution in [0.2, 0.25) is 0 Å². The lowest BCUT2D eigenvalue weighted by molar-refractivity contribution is 0.0947. The van der Waals surface area contributed by atoms with Crippen molar-refractivity contribution in [2.24, 2.45) is 0 Å². The zero-order chi connectivity index (χ0) is 19.2. The zero-order valence-corrected chi connectivity index (χ0v) is 14.6. The fourth-order valence-corrected chi connectivity index (χ4v) is 2.39. The summed E-state index contributed by atoms with van der Waals surface area (Å²) in [5.41, 5.74) is 1.36. The third-order valence-corrected chi connectivity index (χ3v) is 3.79. The molecule has 2 N–H and O–H groups in total. The maximum Gasteiger partial charge on any atom is 0.274 e. The summed E-state index contributed by atoms with van der Waals surface area (Å²) >= 11 is 0. The average molecular weight is 363 g/mol. The molecule has 3 aromatic rings. The molecule has 0 bridgehead atoms. The minimum absolute atomic E-state index is 0.0916. The van der Waals surface area contributed by atoms with E-state index in [1.54, 1.807) is 36.4 Å². The number of anilines is 1. The van der Waals surface area contributed by atoms with Gasteiger partial charge in [0.05, 0.1) is 12.8 Å². The Labute approximate surface area is 155 Å². The number of pyridine rings is 1. The van der Waals surface area contributed by atoms with Crippen molar-refractivity contribution in [3.63, 3.8) is 0 Å². The van der Waals surface area contributed by atoms with E-state index in [2.05, 4.69) is 15.6 Å². The number of Topliss-reactive ketones (excluding diaryl/α,β-unsaturated/α-hetero) is 1. The number of hydrogen-bond acceptors (Lipinski definition) is 5. The largest absolute Gasteiger partial charge is 0.467 e. The van der Waals surface area contributed by atoms with Gasteiger partial charge in [0, 0.05) is 23.0 Å². The van der Waals surface area contributed by atoms with E-state index in [4.69, 9.17) is 4.42 Å². The molecule has 0 fully saturated rings. The topological polar surface area (TPSA) is 101 Å². The summed E-state index contributed by atoms with van der Waals surface area (Å²) in [6, 6.07) is 13.0. The van der Waals surface area contributed by atoms with Crippen LogP contribution in [0.1, 0.15) is 43.9 Å². The third kappa shape index (κ3) is 4.66. The Kier molecular flexibility index (Phi) is 5.41. The minimum Gasteiger partial charge on any atom is -0.467 e. The van der Waals surface area contributed by atoms with Crippen LogP contribution in [0.5, 0.6) is 0 Å². The van der Waals surface area contributed by atoms with Gasteiger partial charge in [-0.2, -0.15) is 0 Å². The zero-order valence-electron chi connectivity index (χ0n) is 14.6. The number of furan rings is 1. The van der Waals surface area contributed by atoms with Crippen LogP contribution in [0.25, 0.3) is 0 Å². The SMILES string of the molecule is CC(=O)c1cccc(NC(=O)c2cc(C(=O)NCc3ccco3)ccn2)c1. The summed E-state index contributed by atoms with van der Waals surface area (Å²) in [5.74, 6) is -0.294. The molecule has 0 saturated heterocycles. The van der Waals surface area contributed by atoms with E-state index in [-0.39, 0.29) is 23.9 Å². The molecule has 3 rings (SSSR count). The summed E-state index contributed by atoms with van der Waals surface area (Å²) < 4.78 is 5.16. The maximum absolute atomic E-state index is 12.4. The second kappa shape index (κ2) is 8.09. The molecule has 2 heterocycles. The molecule has 0 atom stereocenters. The summed E-state index contributed by atoms with van der Waals surface area (Å²) in [6.07, 6.45) is 2.92. The molecule has 0 spiro atoms. The Hall–Kier alpha value is -3.74. The lowest BCUT2D eigenvalue weighted by Gasteiger charge is -2.07. The third-order valence-electron chi connectivity index (χ3n) is 3.79. The first-order valence-corrected chi connectivity index (χ1v) is 8.22.